The molecule has 2 heterocycles. The average Bonchev–Trinajstić information content (AvgIpc) is 2.49. The molecule has 2 fully saturated rings. The summed E-state index contributed by atoms with van der Waals surface area (Å²) in [5, 5.41) is 3.69. The summed E-state index contributed by atoms with van der Waals surface area (Å²) in [6.45, 7) is 3.19. The SMILES string of the molecule is NC1CCC(C2CN(c3ccccn3)CCN2)CC1. The van der Waals surface area contributed by atoms with Gasteiger partial charge in [-0.25, -0.2) is 4.98 Å². The van der Waals surface area contributed by atoms with Gasteiger partial charge in [0, 0.05) is 37.9 Å². The Morgan fingerprint density at radius 1 is 1.21 bits per heavy atom. The molecule has 1 saturated heterocycles. The smallest absolute Gasteiger partial charge is 0.128 e. The lowest BCUT2D eigenvalue weighted by Gasteiger charge is -2.40. The third kappa shape index (κ3) is 3.07. The fraction of sp³-hybridized carbons (Fsp3) is 0.667. The lowest BCUT2D eigenvalue weighted by Crippen LogP contribution is -2.54. The molecule has 0 radical (unpaired) electrons. The maximum absolute atomic E-state index is 6.00. The number of nitrogens with zero attached hydrogens (tertiary/aromatic N) is 2. The van der Waals surface area contributed by atoms with Gasteiger partial charge in [-0.1, -0.05) is 6.07 Å². The standard InChI is InChI=1S/C15H24N4/c16-13-6-4-12(5-7-13)14-11-19(10-9-17-14)15-3-1-2-8-18-15/h1-3,8,12-14,17H,4-7,9-11,16H2. The van der Waals surface area contributed by atoms with Crippen molar-refractivity contribution >= 4 is 5.82 Å². The van der Waals surface area contributed by atoms with Crippen LogP contribution in [0.1, 0.15) is 25.7 Å². The minimum Gasteiger partial charge on any atom is -0.354 e. The van der Waals surface area contributed by atoms with Crippen molar-refractivity contribution < 1.29 is 0 Å². The predicted molar refractivity (Wildman–Crippen MR) is 78.2 cm³/mol. The van der Waals surface area contributed by atoms with Gasteiger partial charge in [0.15, 0.2) is 0 Å². The second-order valence-corrected chi connectivity index (χ2v) is 5.87. The highest BCUT2D eigenvalue weighted by molar-refractivity contribution is 5.38. The molecule has 4 heteroatoms. The maximum atomic E-state index is 6.00. The monoisotopic (exact) mass is 260 g/mol. The van der Waals surface area contributed by atoms with Crippen molar-refractivity contribution in [3.05, 3.63) is 24.4 Å². The van der Waals surface area contributed by atoms with Crippen LogP contribution in [0.25, 0.3) is 0 Å². The number of anilines is 1. The van der Waals surface area contributed by atoms with Gasteiger partial charge in [0.05, 0.1) is 0 Å². The minimum atomic E-state index is 0.437. The number of rotatable bonds is 2. The van der Waals surface area contributed by atoms with E-state index in [0.717, 1.165) is 31.4 Å². The maximum Gasteiger partial charge on any atom is 0.128 e. The number of aromatic nitrogens is 1. The van der Waals surface area contributed by atoms with Gasteiger partial charge in [-0.3, -0.25) is 0 Å². The molecule has 19 heavy (non-hydrogen) atoms. The van der Waals surface area contributed by atoms with Gasteiger partial charge in [0.2, 0.25) is 0 Å². The Balaban J connectivity index is 1.62. The quantitative estimate of drug-likeness (QED) is 0.843. The molecule has 1 atom stereocenters. The molecule has 1 unspecified atom stereocenters. The van der Waals surface area contributed by atoms with Crippen molar-refractivity contribution in [2.75, 3.05) is 24.5 Å². The summed E-state index contributed by atoms with van der Waals surface area (Å²) in [5.74, 6) is 1.90. The molecule has 1 aromatic rings. The molecule has 0 aromatic carbocycles. The van der Waals surface area contributed by atoms with Crippen molar-refractivity contribution in [3.63, 3.8) is 0 Å². The summed E-state index contributed by atoms with van der Waals surface area (Å²) in [4.78, 5) is 6.88. The van der Waals surface area contributed by atoms with E-state index in [1.54, 1.807) is 0 Å². The number of piperazine rings is 1. The van der Waals surface area contributed by atoms with Gasteiger partial charge >= 0.3 is 0 Å². The van der Waals surface area contributed by atoms with Crippen LogP contribution >= 0.6 is 0 Å². The molecule has 1 saturated carbocycles. The van der Waals surface area contributed by atoms with Crippen molar-refractivity contribution in [3.8, 4) is 0 Å². The average molecular weight is 260 g/mol. The van der Waals surface area contributed by atoms with Crippen molar-refractivity contribution in [2.45, 2.75) is 37.8 Å². The molecule has 2 aliphatic rings. The van der Waals surface area contributed by atoms with Crippen LogP contribution in [0, 0.1) is 5.92 Å². The highest BCUT2D eigenvalue weighted by Crippen LogP contribution is 2.28. The third-order valence-electron chi connectivity index (χ3n) is 4.56. The summed E-state index contributed by atoms with van der Waals surface area (Å²) in [5.41, 5.74) is 6.00. The highest BCUT2D eigenvalue weighted by Gasteiger charge is 2.29. The zero-order valence-corrected chi connectivity index (χ0v) is 11.5. The zero-order valence-electron chi connectivity index (χ0n) is 11.5. The van der Waals surface area contributed by atoms with Crippen LogP contribution in [0.4, 0.5) is 5.82 Å². The van der Waals surface area contributed by atoms with E-state index in [-0.39, 0.29) is 0 Å². The lowest BCUT2D eigenvalue weighted by molar-refractivity contribution is 0.242. The largest absolute Gasteiger partial charge is 0.354 e. The number of nitrogens with two attached hydrogens (primary N) is 1. The van der Waals surface area contributed by atoms with Crippen LogP contribution in [0.15, 0.2) is 24.4 Å². The molecular formula is C15H24N4. The summed E-state index contributed by atoms with van der Waals surface area (Å²) in [6.07, 6.45) is 6.80. The minimum absolute atomic E-state index is 0.437. The highest BCUT2D eigenvalue weighted by atomic mass is 15.2. The number of pyridine rings is 1. The fourth-order valence-corrected chi connectivity index (χ4v) is 3.39. The summed E-state index contributed by atoms with van der Waals surface area (Å²) >= 11 is 0. The molecule has 4 nitrogen and oxygen atoms in total. The van der Waals surface area contributed by atoms with Crippen LogP contribution in [-0.4, -0.2) is 36.7 Å². The second kappa shape index (κ2) is 5.88. The van der Waals surface area contributed by atoms with Gasteiger partial charge in [-0.05, 0) is 43.7 Å². The van der Waals surface area contributed by atoms with Crippen molar-refractivity contribution in [1.29, 1.82) is 0 Å². The first kappa shape index (κ1) is 12.9. The summed E-state index contributed by atoms with van der Waals surface area (Å²) < 4.78 is 0. The summed E-state index contributed by atoms with van der Waals surface area (Å²) in [7, 11) is 0. The van der Waals surface area contributed by atoms with Crippen LogP contribution in [0.5, 0.6) is 0 Å². The molecule has 3 rings (SSSR count). The van der Waals surface area contributed by atoms with E-state index in [4.69, 9.17) is 5.73 Å². The van der Waals surface area contributed by atoms with E-state index in [2.05, 4.69) is 27.3 Å². The van der Waals surface area contributed by atoms with Gasteiger partial charge < -0.3 is 16.0 Å². The van der Waals surface area contributed by atoms with Gasteiger partial charge in [-0.2, -0.15) is 0 Å². The predicted octanol–water partition coefficient (Wildman–Crippen LogP) is 1.38. The molecule has 1 aliphatic heterocycles. The number of hydrogen-bond acceptors (Lipinski definition) is 4. The molecule has 1 aliphatic carbocycles. The Hall–Kier alpha value is -1.13. The first-order chi connectivity index (χ1) is 9.33. The van der Waals surface area contributed by atoms with E-state index in [1.165, 1.54) is 25.7 Å². The van der Waals surface area contributed by atoms with Crippen LogP contribution in [0.2, 0.25) is 0 Å². The first-order valence-corrected chi connectivity index (χ1v) is 7.48. The van der Waals surface area contributed by atoms with Gasteiger partial charge in [0.1, 0.15) is 5.82 Å². The summed E-state index contributed by atoms with van der Waals surface area (Å²) in [6, 6.07) is 7.19. The Bertz CT molecular complexity index is 386. The van der Waals surface area contributed by atoms with Gasteiger partial charge in [-0.15, -0.1) is 0 Å². The second-order valence-electron chi connectivity index (χ2n) is 5.87. The molecule has 3 N–H and O–H groups in total. The van der Waals surface area contributed by atoms with E-state index in [0.29, 0.717) is 12.1 Å². The Kier molecular flexibility index (Phi) is 3.99. The zero-order chi connectivity index (χ0) is 13.1. The number of nitrogens with one attached hydrogen (secondary N) is 1. The Morgan fingerprint density at radius 2 is 2.05 bits per heavy atom. The normalized spacial score (nSPS) is 32.3. The topological polar surface area (TPSA) is 54.2 Å². The van der Waals surface area contributed by atoms with E-state index in [9.17, 15) is 0 Å². The van der Waals surface area contributed by atoms with Crippen LogP contribution in [0.3, 0.4) is 0 Å². The molecule has 1 aromatic heterocycles. The van der Waals surface area contributed by atoms with Gasteiger partial charge in [0.25, 0.3) is 0 Å². The number of hydrogen-bond donors (Lipinski definition) is 2. The Morgan fingerprint density at radius 3 is 2.79 bits per heavy atom. The van der Waals surface area contributed by atoms with Crippen LogP contribution < -0.4 is 16.0 Å². The Labute approximate surface area is 115 Å². The van der Waals surface area contributed by atoms with E-state index >= 15 is 0 Å². The lowest BCUT2D eigenvalue weighted by atomic mass is 9.81. The molecule has 0 spiro atoms. The first-order valence-electron chi connectivity index (χ1n) is 7.48. The fourth-order valence-electron chi connectivity index (χ4n) is 3.39. The van der Waals surface area contributed by atoms with Crippen LogP contribution in [-0.2, 0) is 0 Å². The molecule has 104 valence electrons. The van der Waals surface area contributed by atoms with E-state index < -0.39 is 0 Å². The van der Waals surface area contributed by atoms with Crippen molar-refractivity contribution in [1.82, 2.24) is 10.3 Å². The molecule has 0 bridgehead atoms. The third-order valence-corrected chi connectivity index (χ3v) is 4.56. The molecular weight excluding hydrogens is 236 g/mol. The van der Waals surface area contributed by atoms with Crippen molar-refractivity contribution in [2.24, 2.45) is 11.7 Å². The molecule has 0 amide bonds. The van der Waals surface area contributed by atoms with E-state index in [1.807, 2.05) is 12.3 Å².